The Bertz CT molecular complexity index is 1170. The molecule has 2 aromatic carbocycles. The van der Waals surface area contributed by atoms with Crippen LogP contribution < -0.4 is 22.1 Å². The predicted octanol–water partition coefficient (Wildman–Crippen LogP) is 10.9. The zero-order valence-electron chi connectivity index (χ0n) is 34.4. The molecule has 2 aromatic rings. The van der Waals surface area contributed by atoms with Crippen LogP contribution >= 0.6 is 0 Å². The molecule has 1 fully saturated rings. The van der Waals surface area contributed by atoms with Gasteiger partial charge in [-0.05, 0) is 79.3 Å². The van der Waals surface area contributed by atoms with E-state index in [1.54, 1.807) is 0 Å². The highest BCUT2D eigenvalue weighted by atomic mass is 15.2. The van der Waals surface area contributed by atoms with Crippen molar-refractivity contribution in [2.75, 3.05) is 32.7 Å². The highest BCUT2D eigenvalue weighted by Gasteiger charge is 2.23. The molecule has 50 heavy (non-hydrogen) atoms. The third kappa shape index (κ3) is 20.4. The van der Waals surface area contributed by atoms with Crippen LogP contribution in [0.2, 0.25) is 0 Å². The monoisotopic (exact) mass is 690 g/mol. The van der Waals surface area contributed by atoms with Crippen molar-refractivity contribution in [2.24, 2.45) is 28.7 Å². The smallest absolute Gasteiger partial charge is 0.0340 e. The Labute approximate surface area is 310 Å². The second-order valence-corrected chi connectivity index (χ2v) is 14.2. The van der Waals surface area contributed by atoms with Gasteiger partial charge in [0.25, 0.3) is 0 Å². The fourth-order valence-electron chi connectivity index (χ4n) is 4.76. The molecule has 0 spiro atoms. The van der Waals surface area contributed by atoms with Crippen molar-refractivity contribution in [3.63, 3.8) is 0 Å². The van der Waals surface area contributed by atoms with Gasteiger partial charge in [-0.2, -0.15) is 0 Å². The van der Waals surface area contributed by atoms with Gasteiger partial charge in [0.2, 0.25) is 0 Å². The van der Waals surface area contributed by atoms with Crippen molar-refractivity contribution in [3.8, 4) is 0 Å². The van der Waals surface area contributed by atoms with Crippen LogP contribution in [0.25, 0.3) is 11.3 Å². The van der Waals surface area contributed by atoms with Gasteiger partial charge in [-0.3, -0.25) is 0 Å². The number of nitrogens with zero attached hydrogens (tertiary/aromatic N) is 1. The van der Waals surface area contributed by atoms with Crippen molar-refractivity contribution in [2.45, 2.75) is 114 Å². The van der Waals surface area contributed by atoms with Gasteiger partial charge in [0.05, 0.1) is 0 Å². The van der Waals surface area contributed by atoms with E-state index >= 15 is 0 Å². The number of hydrogen-bond acceptors (Lipinski definition) is 5. The molecule has 1 heterocycles. The van der Waals surface area contributed by atoms with Gasteiger partial charge in [0.1, 0.15) is 0 Å². The van der Waals surface area contributed by atoms with Gasteiger partial charge in [-0.1, -0.05) is 157 Å². The molecule has 6 N–H and O–H groups in total. The van der Waals surface area contributed by atoms with Gasteiger partial charge in [-0.25, -0.2) is 0 Å². The van der Waals surface area contributed by atoms with Crippen LogP contribution in [0, 0.1) is 17.3 Å². The molecule has 3 rings (SSSR count). The number of hydrogen-bond donors (Lipinski definition) is 4. The molecule has 0 bridgehead atoms. The molecular formula is C45H79N5. The molecule has 1 aliphatic heterocycles. The van der Waals surface area contributed by atoms with Crippen molar-refractivity contribution in [1.82, 2.24) is 15.5 Å². The summed E-state index contributed by atoms with van der Waals surface area (Å²) in [6, 6.07) is 19.2. The lowest BCUT2D eigenvalue weighted by molar-refractivity contribution is 0.245. The summed E-state index contributed by atoms with van der Waals surface area (Å²) < 4.78 is 0. The molecule has 2 atom stereocenters. The molecule has 0 aromatic heterocycles. The summed E-state index contributed by atoms with van der Waals surface area (Å²) in [5.74, 6) is 1.23. The fraction of sp³-hybridized carbons (Fsp3) is 0.556. The number of nitrogens with one attached hydrogen (secondary N) is 2. The Morgan fingerprint density at radius 2 is 1.24 bits per heavy atom. The molecule has 0 amide bonds. The SMILES string of the molecule is C=C(NCCCN)C(C)C(C)(C)C.C=C(NCCCN)c1ccc(C(=C)c2ccccc2)cc1.C=C1CCCN1C(C)C(C)C.CC.CCC. The van der Waals surface area contributed by atoms with Crippen molar-refractivity contribution in [1.29, 1.82) is 0 Å². The average molecular weight is 690 g/mol. The lowest BCUT2D eigenvalue weighted by Crippen LogP contribution is -2.32. The topological polar surface area (TPSA) is 79.3 Å². The first-order chi connectivity index (χ1) is 23.7. The summed E-state index contributed by atoms with van der Waals surface area (Å²) in [6.07, 6.45) is 5.71. The number of benzene rings is 2. The van der Waals surface area contributed by atoms with E-state index in [0.717, 1.165) is 72.1 Å². The van der Waals surface area contributed by atoms with E-state index in [4.69, 9.17) is 11.5 Å². The van der Waals surface area contributed by atoms with Gasteiger partial charge in [0, 0.05) is 48.7 Å². The zero-order valence-corrected chi connectivity index (χ0v) is 34.4. The van der Waals surface area contributed by atoms with Gasteiger partial charge in [0.15, 0.2) is 0 Å². The van der Waals surface area contributed by atoms with E-state index in [9.17, 15) is 0 Å². The van der Waals surface area contributed by atoms with E-state index in [2.05, 4.69) is 141 Å². The maximum absolute atomic E-state index is 5.48. The van der Waals surface area contributed by atoms with Gasteiger partial charge in [-0.15, -0.1) is 0 Å². The lowest BCUT2D eigenvalue weighted by Gasteiger charge is -2.30. The van der Waals surface area contributed by atoms with E-state index in [1.807, 2.05) is 32.0 Å². The minimum Gasteiger partial charge on any atom is -0.389 e. The van der Waals surface area contributed by atoms with Crippen molar-refractivity contribution in [3.05, 3.63) is 109 Å². The minimum absolute atomic E-state index is 0.285. The van der Waals surface area contributed by atoms with Crippen LogP contribution in [-0.4, -0.2) is 43.7 Å². The minimum atomic E-state index is 0.285. The predicted molar refractivity (Wildman–Crippen MR) is 228 cm³/mol. The lowest BCUT2D eigenvalue weighted by atomic mass is 9.80. The largest absolute Gasteiger partial charge is 0.389 e. The molecule has 5 heteroatoms. The first-order valence-corrected chi connectivity index (χ1v) is 19.2. The van der Waals surface area contributed by atoms with Crippen molar-refractivity contribution >= 4 is 11.3 Å². The quantitative estimate of drug-likeness (QED) is 0.149. The number of nitrogens with two attached hydrogens (primary N) is 2. The van der Waals surface area contributed by atoms with Crippen LogP contribution in [0.4, 0.5) is 0 Å². The molecule has 5 nitrogen and oxygen atoms in total. The van der Waals surface area contributed by atoms with Crippen LogP contribution in [0.15, 0.2) is 92.3 Å². The Morgan fingerprint density at radius 3 is 1.66 bits per heavy atom. The molecule has 2 unspecified atom stereocenters. The normalized spacial score (nSPS) is 13.1. The highest BCUT2D eigenvalue weighted by molar-refractivity contribution is 5.78. The maximum Gasteiger partial charge on any atom is 0.0340 e. The van der Waals surface area contributed by atoms with Gasteiger partial charge >= 0.3 is 0 Å². The first-order valence-electron chi connectivity index (χ1n) is 19.2. The summed E-state index contributed by atoms with van der Waals surface area (Å²) in [6.45, 7) is 44.8. The number of allylic oxidation sites excluding steroid dienone is 2. The standard InChI is InChI=1S/C19H22N2.C11H24N2.C10H19N.C3H8.C2H6/c1-15(17-7-4-3-5-8-17)18-9-11-19(12-10-18)16(2)21-14-6-13-20;1-9(11(3,4)5)10(2)13-8-6-7-12;1-8(2)10(4)11-7-5-6-9(11)3;1-3-2;1-2/h3-5,7-12,21H,1-2,6,13-14,20H2;9,13H,2,6-8,12H2,1,3-5H3;8,10H,3,5-7H2,1-2,4H3;3H2,1-2H3;1-2H3. The maximum atomic E-state index is 5.48. The third-order valence-corrected chi connectivity index (χ3v) is 8.71. The summed E-state index contributed by atoms with van der Waals surface area (Å²) in [5.41, 5.74) is 19.0. The Morgan fingerprint density at radius 1 is 0.780 bits per heavy atom. The second-order valence-electron chi connectivity index (χ2n) is 14.2. The van der Waals surface area contributed by atoms with Crippen molar-refractivity contribution < 1.29 is 0 Å². The average Bonchev–Trinajstić information content (AvgIpc) is 3.54. The van der Waals surface area contributed by atoms with E-state index in [-0.39, 0.29) is 5.41 Å². The van der Waals surface area contributed by atoms with Crippen LogP contribution in [-0.2, 0) is 0 Å². The van der Waals surface area contributed by atoms with Crippen LogP contribution in [0.1, 0.15) is 125 Å². The summed E-state index contributed by atoms with van der Waals surface area (Å²) in [4.78, 5) is 2.45. The molecule has 1 aliphatic rings. The molecule has 0 aliphatic carbocycles. The summed E-state index contributed by atoms with van der Waals surface area (Å²) >= 11 is 0. The Hall–Kier alpha value is -3.28. The molecule has 284 valence electrons. The van der Waals surface area contributed by atoms with E-state index < -0.39 is 0 Å². The zero-order chi connectivity index (χ0) is 38.7. The molecule has 0 saturated carbocycles. The van der Waals surface area contributed by atoms with Gasteiger partial charge < -0.3 is 27.0 Å². The Kier molecular flexibility index (Phi) is 27.8. The van der Waals surface area contributed by atoms with E-state index in [1.165, 1.54) is 31.5 Å². The summed E-state index contributed by atoms with van der Waals surface area (Å²) in [5, 5.41) is 6.60. The number of rotatable bonds is 14. The molecular weight excluding hydrogens is 611 g/mol. The van der Waals surface area contributed by atoms with Crippen LogP contribution in [0.3, 0.4) is 0 Å². The fourth-order valence-corrected chi connectivity index (χ4v) is 4.76. The third-order valence-electron chi connectivity index (χ3n) is 8.71. The summed E-state index contributed by atoms with van der Waals surface area (Å²) in [7, 11) is 0. The van der Waals surface area contributed by atoms with E-state index in [0.29, 0.717) is 18.5 Å². The molecule has 1 saturated heterocycles. The first kappa shape index (κ1) is 48.8. The number of likely N-dealkylation sites (tertiary alicyclic amines) is 1. The highest BCUT2D eigenvalue weighted by Crippen LogP contribution is 2.29. The second kappa shape index (κ2) is 28.4. The van der Waals surface area contributed by atoms with Crippen LogP contribution in [0.5, 0.6) is 0 Å². The molecule has 0 radical (unpaired) electrons. The Balaban J connectivity index is 0.